The molecule has 2 fully saturated rings. The van der Waals surface area contributed by atoms with Crippen molar-refractivity contribution in [2.75, 3.05) is 13.1 Å². The Morgan fingerprint density at radius 2 is 2.06 bits per heavy atom. The maximum Gasteiger partial charge on any atom is 0.233 e. The lowest BCUT2D eigenvalue weighted by atomic mass is 9.83. The van der Waals surface area contributed by atoms with Crippen molar-refractivity contribution >= 4 is 29.3 Å². The van der Waals surface area contributed by atoms with E-state index in [-0.39, 0.29) is 23.8 Å². The third-order valence-corrected chi connectivity index (χ3v) is 7.74. The smallest absolute Gasteiger partial charge is 0.233 e. The van der Waals surface area contributed by atoms with E-state index >= 15 is 0 Å². The van der Waals surface area contributed by atoms with E-state index in [1.165, 1.54) is 11.1 Å². The second kappa shape index (κ2) is 10.9. The summed E-state index contributed by atoms with van der Waals surface area (Å²) in [5.41, 5.74) is 3.69. The van der Waals surface area contributed by atoms with Crippen LogP contribution in [0, 0.1) is 18.4 Å². The van der Waals surface area contributed by atoms with Crippen LogP contribution in [0.4, 0.5) is 0 Å². The van der Waals surface area contributed by atoms with Crippen LogP contribution in [-0.4, -0.2) is 51.3 Å². The zero-order valence-corrected chi connectivity index (χ0v) is 21.5. The summed E-state index contributed by atoms with van der Waals surface area (Å²) in [4.78, 5) is 28.3. The fourth-order valence-electron chi connectivity index (χ4n) is 5.50. The highest BCUT2D eigenvalue weighted by molar-refractivity contribution is 6.17. The highest BCUT2D eigenvalue weighted by Gasteiger charge is 2.35. The first kappa shape index (κ1) is 24.6. The molecule has 2 heterocycles. The molecular formula is C28H33ClN6O. The van der Waals surface area contributed by atoms with E-state index in [1.807, 2.05) is 18.0 Å². The number of benzene rings is 1. The van der Waals surface area contributed by atoms with Gasteiger partial charge in [-0.25, -0.2) is 4.98 Å². The van der Waals surface area contributed by atoms with Gasteiger partial charge in [-0.15, -0.1) is 11.6 Å². The fraction of sp³-hybridized carbons (Fsp3) is 0.500. The van der Waals surface area contributed by atoms with Crippen LogP contribution in [0.15, 0.2) is 40.4 Å². The minimum Gasteiger partial charge on any atom is -0.349 e. The topological polar surface area (TPSA) is 74.9 Å². The number of aromatic nitrogens is 2. The predicted molar refractivity (Wildman–Crippen MR) is 143 cm³/mol. The molecule has 7 nitrogen and oxygen atoms in total. The number of carbonyl (C=O) groups is 1. The van der Waals surface area contributed by atoms with Gasteiger partial charge >= 0.3 is 0 Å². The van der Waals surface area contributed by atoms with Crippen LogP contribution < -0.4 is 5.32 Å². The monoisotopic (exact) mass is 504 g/mol. The number of nitrogens with one attached hydrogen (secondary N) is 1. The van der Waals surface area contributed by atoms with Crippen molar-refractivity contribution in [3.8, 4) is 12.5 Å². The number of hydrogen-bond donors (Lipinski definition) is 1. The minimum atomic E-state index is 0.0645. The molecule has 1 aromatic carbocycles. The number of terminal acetylenes is 1. The summed E-state index contributed by atoms with van der Waals surface area (Å²) in [7, 11) is 0. The van der Waals surface area contributed by atoms with E-state index in [1.54, 1.807) is 0 Å². The molecule has 1 aromatic heterocycles. The van der Waals surface area contributed by atoms with Gasteiger partial charge in [-0.2, -0.15) is 9.98 Å². The van der Waals surface area contributed by atoms with Gasteiger partial charge in [0, 0.05) is 37.0 Å². The standard InChI is InChI=1S/C28H33ClN6O/c1-3-30-28(33-24-9-6-14-34(18-24)27(36)21-11-12-21)32-19(2)35-25(16-29)17-31-26(35)23-13-10-20-7-4-5-8-22(20)15-23/h1,4-5,7-8,17,21,23-24H,6,9-16,18H2,2H3,(H,30,33)/b32-19+/t23-,24+/m1/s1. The Labute approximate surface area is 218 Å². The van der Waals surface area contributed by atoms with Crippen LogP contribution in [-0.2, 0) is 23.5 Å². The molecule has 0 spiro atoms. The molecule has 36 heavy (non-hydrogen) atoms. The lowest BCUT2D eigenvalue weighted by molar-refractivity contribution is -0.133. The van der Waals surface area contributed by atoms with Gasteiger partial charge in [0.05, 0.1) is 17.8 Å². The van der Waals surface area contributed by atoms with Crippen molar-refractivity contribution in [1.29, 1.82) is 0 Å². The van der Waals surface area contributed by atoms with Gasteiger partial charge in [0.15, 0.2) is 0 Å². The van der Waals surface area contributed by atoms with Crippen LogP contribution in [0.1, 0.15) is 67.6 Å². The van der Waals surface area contributed by atoms with Crippen molar-refractivity contribution in [3.05, 3.63) is 53.1 Å². The number of guanidine groups is 1. The van der Waals surface area contributed by atoms with Crippen molar-refractivity contribution in [1.82, 2.24) is 19.8 Å². The van der Waals surface area contributed by atoms with E-state index in [2.05, 4.69) is 45.2 Å². The molecule has 1 saturated carbocycles. The maximum atomic E-state index is 12.6. The molecule has 0 bridgehead atoms. The van der Waals surface area contributed by atoms with Crippen LogP contribution in [0.5, 0.6) is 0 Å². The number of aliphatic imine (C=N–C) groups is 2. The number of hydrogen-bond acceptors (Lipinski definition) is 3. The molecule has 188 valence electrons. The first-order chi connectivity index (χ1) is 17.6. The molecule has 2 aromatic rings. The number of alkyl halides is 1. The Morgan fingerprint density at radius 1 is 1.25 bits per heavy atom. The molecule has 8 heteroatoms. The van der Waals surface area contributed by atoms with Gasteiger partial charge in [0.25, 0.3) is 0 Å². The molecule has 2 atom stereocenters. The lowest BCUT2D eigenvalue weighted by Crippen LogP contribution is -2.50. The highest BCUT2D eigenvalue weighted by Crippen LogP contribution is 2.33. The molecule has 0 radical (unpaired) electrons. The summed E-state index contributed by atoms with van der Waals surface area (Å²) < 4.78 is 2.06. The zero-order valence-electron chi connectivity index (χ0n) is 20.8. The van der Waals surface area contributed by atoms with Gasteiger partial charge in [0.2, 0.25) is 11.9 Å². The fourth-order valence-corrected chi connectivity index (χ4v) is 5.69. The van der Waals surface area contributed by atoms with Crippen LogP contribution >= 0.6 is 11.6 Å². The summed E-state index contributed by atoms with van der Waals surface area (Å²) in [6.07, 6.45) is 14.3. The number of rotatable bonds is 4. The Hall–Kier alpha value is -3.11. The third-order valence-electron chi connectivity index (χ3n) is 7.47. The van der Waals surface area contributed by atoms with E-state index < -0.39 is 0 Å². The Balaban J connectivity index is 1.36. The number of amides is 1. The van der Waals surface area contributed by atoms with Crippen LogP contribution in [0.25, 0.3) is 0 Å². The predicted octanol–water partition coefficient (Wildman–Crippen LogP) is 4.10. The van der Waals surface area contributed by atoms with Crippen LogP contribution in [0.3, 0.4) is 0 Å². The molecule has 5 rings (SSSR count). The van der Waals surface area contributed by atoms with E-state index in [9.17, 15) is 4.79 Å². The lowest BCUT2D eigenvalue weighted by Gasteiger charge is -2.33. The normalized spacial score (nSPS) is 22.6. The van der Waals surface area contributed by atoms with Crippen molar-refractivity contribution < 1.29 is 4.79 Å². The highest BCUT2D eigenvalue weighted by atomic mass is 35.5. The molecule has 1 aliphatic heterocycles. The number of carbonyl (C=O) groups excluding carboxylic acids is 1. The van der Waals surface area contributed by atoms with E-state index in [0.717, 1.165) is 68.8 Å². The Kier molecular flexibility index (Phi) is 7.43. The molecular weight excluding hydrogens is 472 g/mol. The first-order valence-corrected chi connectivity index (χ1v) is 13.4. The zero-order chi connectivity index (χ0) is 25.1. The summed E-state index contributed by atoms with van der Waals surface area (Å²) in [6, 6.07) is 11.1. The number of piperidine rings is 1. The van der Waals surface area contributed by atoms with Gasteiger partial charge in [0.1, 0.15) is 11.7 Å². The summed E-state index contributed by atoms with van der Waals surface area (Å²) in [5, 5.41) is 3.40. The average molecular weight is 505 g/mol. The molecule has 1 saturated heterocycles. The number of likely N-dealkylation sites (tertiary alicyclic amines) is 1. The van der Waals surface area contributed by atoms with Gasteiger partial charge in [-0.3, -0.25) is 9.36 Å². The van der Waals surface area contributed by atoms with Gasteiger partial charge in [-0.1, -0.05) is 30.7 Å². The number of halogens is 1. The second-order valence-electron chi connectivity index (χ2n) is 10.1. The number of nitrogens with zero attached hydrogens (tertiary/aromatic N) is 5. The third kappa shape index (κ3) is 5.34. The molecule has 1 N–H and O–H groups in total. The SMILES string of the molecule is C#C/N=C(\N=C(/C)n1c(CCl)cnc1[C@@H]1CCc2ccccc2C1)N[C@H]1CCCN(C(=O)C2CC2)C1. The van der Waals surface area contributed by atoms with Crippen molar-refractivity contribution in [3.63, 3.8) is 0 Å². The quantitative estimate of drug-likeness (QED) is 0.295. The Morgan fingerprint density at radius 3 is 2.81 bits per heavy atom. The summed E-state index contributed by atoms with van der Waals surface area (Å²) >= 11 is 6.31. The first-order valence-electron chi connectivity index (χ1n) is 12.9. The number of fused-ring (bicyclic) bond motifs is 1. The van der Waals surface area contributed by atoms with Crippen LogP contribution in [0.2, 0.25) is 0 Å². The second-order valence-corrected chi connectivity index (χ2v) is 10.3. The average Bonchev–Trinajstić information content (AvgIpc) is 3.66. The molecule has 2 aliphatic carbocycles. The number of imidazole rings is 1. The van der Waals surface area contributed by atoms with Crippen molar-refractivity contribution in [2.24, 2.45) is 15.9 Å². The maximum absolute atomic E-state index is 12.6. The summed E-state index contributed by atoms with van der Waals surface area (Å²) in [5.74, 6) is 3.20. The van der Waals surface area contributed by atoms with Gasteiger partial charge < -0.3 is 10.2 Å². The summed E-state index contributed by atoms with van der Waals surface area (Å²) in [6.45, 7) is 3.41. The molecule has 1 amide bonds. The minimum absolute atomic E-state index is 0.0645. The molecule has 3 aliphatic rings. The number of aryl methyl sites for hydroxylation is 1. The van der Waals surface area contributed by atoms with Crippen molar-refractivity contribution in [2.45, 2.75) is 69.7 Å². The molecule has 0 unspecified atom stereocenters. The van der Waals surface area contributed by atoms with E-state index in [0.29, 0.717) is 18.4 Å². The van der Waals surface area contributed by atoms with Gasteiger partial charge in [-0.05, 0) is 63.0 Å². The Bertz CT molecular complexity index is 1220. The van der Waals surface area contributed by atoms with E-state index in [4.69, 9.17) is 28.0 Å². The largest absolute Gasteiger partial charge is 0.349 e.